The highest BCUT2D eigenvalue weighted by molar-refractivity contribution is 14.0. The van der Waals surface area contributed by atoms with E-state index in [1.165, 1.54) is 0 Å². The molecule has 0 radical (unpaired) electrons. The molecule has 1 aromatic heterocycles. The first-order chi connectivity index (χ1) is 13.8. The van der Waals surface area contributed by atoms with Crippen LogP contribution in [0.1, 0.15) is 6.42 Å². The molecule has 29 heavy (non-hydrogen) atoms. The van der Waals surface area contributed by atoms with E-state index in [-0.39, 0.29) is 24.0 Å². The maximum Gasteiger partial charge on any atom is 0.225 e. The third-order valence-electron chi connectivity index (χ3n) is 4.54. The van der Waals surface area contributed by atoms with E-state index >= 15 is 0 Å². The summed E-state index contributed by atoms with van der Waals surface area (Å²) in [4.78, 5) is 17.5. The number of benzene rings is 1. The van der Waals surface area contributed by atoms with Crippen molar-refractivity contribution in [2.45, 2.75) is 6.42 Å². The summed E-state index contributed by atoms with van der Waals surface area (Å²) < 4.78 is 11.0. The van der Waals surface area contributed by atoms with Crippen molar-refractivity contribution in [3.63, 3.8) is 0 Å². The average Bonchev–Trinajstić information content (AvgIpc) is 2.77. The zero-order valence-electron chi connectivity index (χ0n) is 17.0. The van der Waals surface area contributed by atoms with Crippen molar-refractivity contribution in [2.24, 2.45) is 4.99 Å². The number of halogens is 1. The van der Waals surface area contributed by atoms with Gasteiger partial charge >= 0.3 is 0 Å². The highest BCUT2D eigenvalue weighted by Gasteiger charge is 2.20. The Bertz CT molecular complexity index is 754. The summed E-state index contributed by atoms with van der Waals surface area (Å²) in [5, 5.41) is 3.42. The average molecular weight is 512 g/mol. The quantitative estimate of drug-likeness (QED) is 0.264. The molecule has 0 bridgehead atoms. The van der Waals surface area contributed by atoms with Crippen LogP contribution in [0, 0.1) is 0 Å². The zero-order chi connectivity index (χ0) is 19.6. The largest absolute Gasteiger partial charge is 0.497 e. The molecule has 158 valence electrons. The number of piperazine rings is 1. The van der Waals surface area contributed by atoms with Crippen molar-refractivity contribution in [1.29, 1.82) is 0 Å². The molecule has 0 aliphatic carbocycles. The molecule has 0 unspecified atom stereocenters. The second-order valence-corrected chi connectivity index (χ2v) is 6.38. The van der Waals surface area contributed by atoms with Crippen LogP contribution in [-0.4, -0.2) is 74.3 Å². The summed E-state index contributed by atoms with van der Waals surface area (Å²) >= 11 is 0. The minimum absolute atomic E-state index is 0. The molecule has 1 N–H and O–H groups in total. The van der Waals surface area contributed by atoms with Gasteiger partial charge in [-0.25, -0.2) is 9.97 Å². The fourth-order valence-corrected chi connectivity index (χ4v) is 3.06. The van der Waals surface area contributed by atoms with Crippen molar-refractivity contribution in [2.75, 3.05) is 58.4 Å². The van der Waals surface area contributed by atoms with E-state index in [9.17, 15) is 0 Å². The molecular formula is C20H29IN6O2. The summed E-state index contributed by atoms with van der Waals surface area (Å²) in [5.74, 6) is 3.34. The maximum absolute atomic E-state index is 5.78. The van der Waals surface area contributed by atoms with Gasteiger partial charge in [-0.05, 0) is 24.6 Å². The Morgan fingerprint density at radius 1 is 1.10 bits per heavy atom. The lowest BCUT2D eigenvalue weighted by Gasteiger charge is -2.36. The second kappa shape index (κ2) is 12.3. The van der Waals surface area contributed by atoms with E-state index in [2.05, 4.69) is 30.1 Å². The van der Waals surface area contributed by atoms with Gasteiger partial charge in [-0.1, -0.05) is 6.07 Å². The Labute approximate surface area is 189 Å². The Morgan fingerprint density at radius 3 is 2.52 bits per heavy atom. The monoisotopic (exact) mass is 512 g/mol. The van der Waals surface area contributed by atoms with Crippen molar-refractivity contribution >= 4 is 35.9 Å². The van der Waals surface area contributed by atoms with Crippen LogP contribution in [0.3, 0.4) is 0 Å². The van der Waals surface area contributed by atoms with Gasteiger partial charge in [-0.3, -0.25) is 4.99 Å². The summed E-state index contributed by atoms with van der Waals surface area (Å²) in [5.41, 5.74) is 0. The van der Waals surface area contributed by atoms with Crippen LogP contribution < -0.4 is 19.7 Å². The van der Waals surface area contributed by atoms with Gasteiger partial charge in [0.15, 0.2) is 5.96 Å². The molecule has 1 saturated heterocycles. The van der Waals surface area contributed by atoms with E-state index in [0.29, 0.717) is 6.61 Å². The summed E-state index contributed by atoms with van der Waals surface area (Å²) in [6, 6.07) is 9.49. The van der Waals surface area contributed by atoms with Crippen molar-refractivity contribution < 1.29 is 9.47 Å². The molecule has 1 aliphatic rings. The van der Waals surface area contributed by atoms with Crippen molar-refractivity contribution in [1.82, 2.24) is 20.2 Å². The van der Waals surface area contributed by atoms with E-state index in [4.69, 9.17) is 9.47 Å². The molecule has 1 fully saturated rings. The second-order valence-electron chi connectivity index (χ2n) is 6.38. The first kappa shape index (κ1) is 23.0. The van der Waals surface area contributed by atoms with E-state index < -0.39 is 0 Å². The van der Waals surface area contributed by atoms with Gasteiger partial charge in [0.05, 0.1) is 13.7 Å². The topological polar surface area (TPSA) is 75.1 Å². The Kier molecular flexibility index (Phi) is 9.75. The number of nitrogens with zero attached hydrogens (tertiary/aromatic N) is 5. The number of hydrogen-bond donors (Lipinski definition) is 1. The molecule has 0 saturated carbocycles. The predicted octanol–water partition coefficient (Wildman–Crippen LogP) is 2.27. The summed E-state index contributed by atoms with van der Waals surface area (Å²) in [6.45, 7) is 4.97. The zero-order valence-corrected chi connectivity index (χ0v) is 19.3. The molecule has 1 aromatic carbocycles. The number of methoxy groups -OCH3 is 1. The highest BCUT2D eigenvalue weighted by Crippen LogP contribution is 2.18. The predicted molar refractivity (Wildman–Crippen MR) is 126 cm³/mol. The maximum atomic E-state index is 5.78. The number of rotatable bonds is 7. The molecule has 3 rings (SSSR count). The van der Waals surface area contributed by atoms with Crippen LogP contribution in [0.4, 0.5) is 5.95 Å². The van der Waals surface area contributed by atoms with Gasteiger partial charge in [0, 0.05) is 58.2 Å². The fraction of sp³-hybridized carbons (Fsp3) is 0.450. The number of anilines is 1. The van der Waals surface area contributed by atoms with Crippen molar-refractivity contribution in [3.05, 3.63) is 42.7 Å². The first-order valence-corrected chi connectivity index (χ1v) is 9.54. The van der Waals surface area contributed by atoms with Crippen LogP contribution in [0.15, 0.2) is 47.7 Å². The fourth-order valence-electron chi connectivity index (χ4n) is 3.06. The van der Waals surface area contributed by atoms with Crippen LogP contribution in [0.2, 0.25) is 0 Å². The van der Waals surface area contributed by atoms with Gasteiger partial charge in [0.25, 0.3) is 0 Å². The smallest absolute Gasteiger partial charge is 0.225 e. The lowest BCUT2D eigenvalue weighted by molar-refractivity contribution is 0.306. The highest BCUT2D eigenvalue weighted by atomic mass is 127. The molecule has 1 aliphatic heterocycles. The number of aliphatic imine (C=N–C) groups is 1. The lowest BCUT2D eigenvalue weighted by Crippen LogP contribution is -2.53. The molecular weight excluding hydrogens is 483 g/mol. The number of hydrogen-bond acceptors (Lipinski definition) is 6. The van der Waals surface area contributed by atoms with E-state index in [0.717, 1.165) is 62.6 Å². The van der Waals surface area contributed by atoms with Crippen LogP contribution in [0.25, 0.3) is 0 Å². The van der Waals surface area contributed by atoms with Crippen LogP contribution in [-0.2, 0) is 0 Å². The molecule has 0 spiro atoms. The number of ether oxygens (including phenoxy) is 2. The van der Waals surface area contributed by atoms with Gasteiger partial charge < -0.3 is 24.6 Å². The molecule has 2 aromatic rings. The first-order valence-electron chi connectivity index (χ1n) is 9.54. The van der Waals surface area contributed by atoms with Gasteiger partial charge in [0.1, 0.15) is 11.5 Å². The minimum atomic E-state index is 0. The third-order valence-corrected chi connectivity index (χ3v) is 4.54. The Hall–Kier alpha value is -2.30. The normalized spacial score (nSPS) is 14.2. The van der Waals surface area contributed by atoms with Gasteiger partial charge in [-0.2, -0.15) is 0 Å². The SMILES string of the molecule is CN=C(NCCCOc1cccc(OC)c1)N1CCN(c2ncccn2)CC1.I. The van der Waals surface area contributed by atoms with Crippen LogP contribution in [0.5, 0.6) is 11.5 Å². The molecule has 0 atom stereocenters. The number of aromatic nitrogens is 2. The van der Waals surface area contributed by atoms with Crippen molar-refractivity contribution in [3.8, 4) is 11.5 Å². The minimum Gasteiger partial charge on any atom is -0.497 e. The molecule has 2 heterocycles. The lowest BCUT2D eigenvalue weighted by atomic mass is 10.3. The molecule has 0 amide bonds. The number of guanidine groups is 1. The Balaban J connectivity index is 0.00000300. The summed E-state index contributed by atoms with van der Waals surface area (Å²) in [7, 11) is 3.48. The Morgan fingerprint density at radius 2 is 1.83 bits per heavy atom. The third kappa shape index (κ3) is 6.91. The van der Waals surface area contributed by atoms with Gasteiger partial charge in [-0.15, -0.1) is 24.0 Å². The summed E-state index contributed by atoms with van der Waals surface area (Å²) in [6.07, 6.45) is 4.44. The molecule has 9 heteroatoms. The van der Waals surface area contributed by atoms with Crippen LogP contribution >= 0.6 is 24.0 Å². The van der Waals surface area contributed by atoms with E-state index in [1.807, 2.05) is 37.4 Å². The van der Waals surface area contributed by atoms with Gasteiger partial charge in [0.2, 0.25) is 5.95 Å². The standard InChI is InChI=1S/C20H28N6O2.HI/c1-21-19(22-10-5-15-28-18-7-3-6-17(16-18)27-2)25-11-13-26(14-12-25)20-23-8-4-9-24-20;/h3-4,6-9,16H,5,10-15H2,1-2H3,(H,21,22);1H. The molecule has 8 nitrogen and oxygen atoms in total. The number of nitrogens with one attached hydrogen (secondary N) is 1. The van der Waals surface area contributed by atoms with E-state index in [1.54, 1.807) is 19.5 Å².